The van der Waals surface area contributed by atoms with Crippen molar-refractivity contribution in [1.82, 2.24) is 0 Å². The molecular formula is C20H20FN. The molecule has 0 N–H and O–H groups in total. The average molecular weight is 293 g/mol. The Morgan fingerprint density at radius 1 is 1.09 bits per heavy atom. The van der Waals surface area contributed by atoms with Crippen molar-refractivity contribution in [2.45, 2.75) is 32.6 Å². The Hall–Kier alpha value is -2.40. The van der Waals surface area contributed by atoms with Crippen molar-refractivity contribution in [3.8, 4) is 6.07 Å². The molecule has 0 saturated heterocycles. The Labute approximate surface area is 131 Å². The van der Waals surface area contributed by atoms with E-state index in [4.69, 9.17) is 5.26 Å². The average Bonchev–Trinajstić information content (AvgIpc) is 2.54. The van der Waals surface area contributed by atoms with E-state index in [-0.39, 0.29) is 5.83 Å². The van der Waals surface area contributed by atoms with Gasteiger partial charge in [0.05, 0.1) is 11.6 Å². The van der Waals surface area contributed by atoms with Crippen molar-refractivity contribution in [2.75, 3.05) is 0 Å². The van der Waals surface area contributed by atoms with E-state index in [1.807, 2.05) is 55.5 Å². The van der Waals surface area contributed by atoms with E-state index in [1.54, 1.807) is 6.08 Å². The highest BCUT2D eigenvalue weighted by Crippen LogP contribution is 2.15. The quantitative estimate of drug-likeness (QED) is 0.694. The van der Waals surface area contributed by atoms with Crippen molar-refractivity contribution < 1.29 is 4.39 Å². The molecule has 0 spiro atoms. The summed E-state index contributed by atoms with van der Waals surface area (Å²) < 4.78 is 13.5. The van der Waals surface area contributed by atoms with Crippen LogP contribution in [0.1, 0.15) is 42.0 Å². The summed E-state index contributed by atoms with van der Waals surface area (Å²) in [4.78, 5) is 0. The topological polar surface area (TPSA) is 23.8 Å². The van der Waals surface area contributed by atoms with E-state index in [1.165, 1.54) is 5.56 Å². The van der Waals surface area contributed by atoms with Gasteiger partial charge in [-0.05, 0) is 54.5 Å². The summed E-state index contributed by atoms with van der Waals surface area (Å²) in [7, 11) is 0. The Kier molecular flexibility index (Phi) is 5.91. The van der Waals surface area contributed by atoms with Gasteiger partial charge in [-0.3, -0.25) is 0 Å². The maximum absolute atomic E-state index is 13.5. The number of nitriles is 1. The predicted octanol–water partition coefficient (Wildman–Crippen LogP) is 5.45. The summed E-state index contributed by atoms with van der Waals surface area (Å²) in [6.07, 6.45) is 4.62. The molecule has 0 atom stereocenters. The van der Waals surface area contributed by atoms with Crippen LogP contribution in [0, 0.1) is 11.3 Å². The fraction of sp³-hybridized carbons (Fsp3) is 0.250. The van der Waals surface area contributed by atoms with Gasteiger partial charge in [0.25, 0.3) is 0 Å². The first kappa shape index (κ1) is 16.0. The molecule has 0 unspecified atom stereocenters. The monoisotopic (exact) mass is 293 g/mol. The fourth-order valence-corrected chi connectivity index (χ4v) is 2.40. The fourth-order valence-electron chi connectivity index (χ4n) is 2.40. The van der Waals surface area contributed by atoms with Crippen molar-refractivity contribution in [2.24, 2.45) is 0 Å². The minimum Gasteiger partial charge on any atom is -0.212 e. The standard InChI is InChI=1S/C20H20FN/c1-2-5-20(21)14-17-10-8-16(9-11-17)12-13-18-6-3-4-7-19(18)15-22/h3-4,6-11,14H,2,5,12-13H2,1H3. The van der Waals surface area contributed by atoms with E-state index < -0.39 is 0 Å². The van der Waals surface area contributed by atoms with Gasteiger partial charge < -0.3 is 0 Å². The first-order valence-electron chi connectivity index (χ1n) is 7.66. The summed E-state index contributed by atoms with van der Waals surface area (Å²) in [6, 6.07) is 17.9. The third-order valence-corrected chi connectivity index (χ3v) is 3.61. The van der Waals surface area contributed by atoms with Gasteiger partial charge in [0.1, 0.15) is 5.83 Å². The van der Waals surface area contributed by atoms with Crippen LogP contribution in [-0.2, 0) is 12.8 Å². The smallest absolute Gasteiger partial charge is 0.100 e. The van der Waals surface area contributed by atoms with Crippen LogP contribution in [0.4, 0.5) is 4.39 Å². The predicted molar refractivity (Wildman–Crippen MR) is 89.0 cm³/mol. The SMILES string of the molecule is CCCC(F)=Cc1ccc(CCc2ccccc2C#N)cc1. The molecule has 2 aromatic rings. The number of halogens is 1. The number of rotatable bonds is 6. The van der Waals surface area contributed by atoms with Gasteiger partial charge in [-0.1, -0.05) is 49.4 Å². The highest BCUT2D eigenvalue weighted by Gasteiger charge is 2.02. The minimum absolute atomic E-state index is 0.0711. The van der Waals surface area contributed by atoms with Crippen LogP contribution in [0.3, 0.4) is 0 Å². The molecule has 1 nitrogen and oxygen atoms in total. The number of benzene rings is 2. The molecule has 2 heteroatoms. The highest BCUT2D eigenvalue weighted by atomic mass is 19.1. The lowest BCUT2D eigenvalue weighted by molar-refractivity contribution is 0.591. The van der Waals surface area contributed by atoms with Gasteiger partial charge in [-0.2, -0.15) is 5.26 Å². The van der Waals surface area contributed by atoms with E-state index >= 15 is 0 Å². The molecule has 2 rings (SSSR count). The van der Waals surface area contributed by atoms with Crippen LogP contribution in [0.5, 0.6) is 0 Å². The van der Waals surface area contributed by atoms with Crippen LogP contribution in [0.25, 0.3) is 6.08 Å². The van der Waals surface area contributed by atoms with Crippen molar-refractivity contribution in [3.05, 3.63) is 76.6 Å². The van der Waals surface area contributed by atoms with Gasteiger partial charge in [0.2, 0.25) is 0 Å². The number of hydrogen-bond acceptors (Lipinski definition) is 1. The number of nitrogens with zero attached hydrogens (tertiary/aromatic N) is 1. The van der Waals surface area contributed by atoms with Gasteiger partial charge in [-0.25, -0.2) is 4.39 Å². The molecule has 0 aliphatic heterocycles. The van der Waals surface area contributed by atoms with Crippen molar-refractivity contribution in [3.63, 3.8) is 0 Å². The zero-order valence-corrected chi connectivity index (χ0v) is 12.8. The minimum atomic E-state index is -0.0711. The first-order valence-corrected chi connectivity index (χ1v) is 7.66. The Morgan fingerprint density at radius 3 is 2.50 bits per heavy atom. The second-order valence-corrected chi connectivity index (χ2v) is 5.35. The number of aryl methyl sites for hydroxylation is 2. The van der Waals surface area contributed by atoms with Gasteiger partial charge in [-0.15, -0.1) is 0 Å². The van der Waals surface area contributed by atoms with Gasteiger partial charge in [0, 0.05) is 0 Å². The van der Waals surface area contributed by atoms with Crippen LogP contribution in [0.2, 0.25) is 0 Å². The molecule has 0 aliphatic rings. The highest BCUT2D eigenvalue weighted by molar-refractivity contribution is 5.51. The number of allylic oxidation sites excluding steroid dienone is 1. The maximum atomic E-state index is 13.5. The lowest BCUT2D eigenvalue weighted by Crippen LogP contribution is -1.94. The molecule has 0 amide bonds. The molecule has 112 valence electrons. The van der Waals surface area contributed by atoms with Crippen LogP contribution in [0.15, 0.2) is 54.4 Å². The van der Waals surface area contributed by atoms with E-state index in [0.717, 1.165) is 36.0 Å². The largest absolute Gasteiger partial charge is 0.212 e. The van der Waals surface area contributed by atoms with Crippen LogP contribution >= 0.6 is 0 Å². The summed E-state index contributed by atoms with van der Waals surface area (Å²) in [6.45, 7) is 1.97. The molecule has 0 saturated carbocycles. The van der Waals surface area contributed by atoms with E-state index in [0.29, 0.717) is 6.42 Å². The lowest BCUT2D eigenvalue weighted by Gasteiger charge is -2.05. The van der Waals surface area contributed by atoms with E-state index in [2.05, 4.69) is 6.07 Å². The molecule has 22 heavy (non-hydrogen) atoms. The molecule has 0 radical (unpaired) electrons. The summed E-state index contributed by atoms with van der Waals surface area (Å²) in [5.41, 5.74) is 3.90. The lowest BCUT2D eigenvalue weighted by atomic mass is 10.00. The molecule has 2 aromatic carbocycles. The Morgan fingerprint density at radius 2 is 1.82 bits per heavy atom. The summed E-state index contributed by atoms with van der Waals surface area (Å²) in [5.74, 6) is -0.0711. The number of hydrogen-bond donors (Lipinski definition) is 0. The molecule has 0 bridgehead atoms. The van der Waals surface area contributed by atoms with Crippen LogP contribution in [-0.4, -0.2) is 0 Å². The zero-order valence-electron chi connectivity index (χ0n) is 12.8. The molecule has 0 aliphatic carbocycles. The van der Waals surface area contributed by atoms with Gasteiger partial charge in [0.15, 0.2) is 0 Å². The zero-order chi connectivity index (χ0) is 15.8. The maximum Gasteiger partial charge on any atom is 0.100 e. The second kappa shape index (κ2) is 8.14. The molecule has 0 fully saturated rings. The van der Waals surface area contributed by atoms with E-state index in [9.17, 15) is 4.39 Å². The van der Waals surface area contributed by atoms with Crippen molar-refractivity contribution >= 4 is 6.08 Å². The summed E-state index contributed by atoms with van der Waals surface area (Å²) >= 11 is 0. The van der Waals surface area contributed by atoms with Crippen LogP contribution < -0.4 is 0 Å². The summed E-state index contributed by atoms with van der Waals surface area (Å²) in [5, 5.41) is 9.09. The molecular weight excluding hydrogens is 273 g/mol. The molecule has 0 aromatic heterocycles. The Balaban J connectivity index is 2.00. The van der Waals surface area contributed by atoms with Crippen molar-refractivity contribution in [1.29, 1.82) is 5.26 Å². The second-order valence-electron chi connectivity index (χ2n) is 5.35. The first-order chi connectivity index (χ1) is 10.7. The molecule has 0 heterocycles. The Bertz CT molecular complexity index is 678. The third kappa shape index (κ3) is 4.56. The normalized spacial score (nSPS) is 11.2. The third-order valence-electron chi connectivity index (χ3n) is 3.61. The van der Waals surface area contributed by atoms with Gasteiger partial charge >= 0.3 is 0 Å².